The summed E-state index contributed by atoms with van der Waals surface area (Å²) in [7, 11) is 1.34. The first kappa shape index (κ1) is 18.1. The van der Waals surface area contributed by atoms with Crippen molar-refractivity contribution >= 4 is 17.0 Å². The van der Waals surface area contributed by atoms with Gasteiger partial charge in [-0.1, -0.05) is 6.07 Å². The van der Waals surface area contributed by atoms with Gasteiger partial charge in [0.2, 0.25) is 0 Å². The largest absolute Gasteiger partial charge is 0.465 e. The highest BCUT2D eigenvalue weighted by molar-refractivity contribution is 6.03. The number of carbonyl (C=O) groups excluding carboxylic acids is 1. The molecule has 0 spiro atoms. The average molecular weight is 398 g/mol. The van der Waals surface area contributed by atoms with Crippen LogP contribution in [-0.4, -0.2) is 38.5 Å². The standard InChI is InChI=1S/C21H20F2N4O2/c1-11-12(3-4-18(26-11)13-5-16-17(6-13)21(16,22)23)8-27-9-15(20(28)29-2)14-7-24-10-25-19(14)27/h3-4,7,9-10,13,16-17H,5-6,8H2,1-2H3. The molecular formula is C21H20F2N4O2. The quantitative estimate of drug-likeness (QED) is 0.627. The molecule has 0 radical (unpaired) electrons. The van der Waals surface area contributed by atoms with Gasteiger partial charge in [-0.15, -0.1) is 0 Å². The topological polar surface area (TPSA) is 69.9 Å². The van der Waals surface area contributed by atoms with E-state index in [0.29, 0.717) is 36.0 Å². The fourth-order valence-corrected chi connectivity index (χ4v) is 4.66. The maximum absolute atomic E-state index is 13.5. The molecule has 2 aliphatic carbocycles. The number of fused-ring (bicyclic) bond motifs is 2. The summed E-state index contributed by atoms with van der Waals surface area (Å²) in [5.74, 6) is -3.71. The zero-order chi connectivity index (χ0) is 20.3. The summed E-state index contributed by atoms with van der Waals surface area (Å²) in [6, 6.07) is 3.93. The summed E-state index contributed by atoms with van der Waals surface area (Å²) in [4.78, 5) is 25.1. The van der Waals surface area contributed by atoms with Crippen LogP contribution in [0.4, 0.5) is 8.78 Å². The van der Waals surface area contributed by atoms with Crippen molar-refractivity contribution in [2.45, 2.75) is 38.2 Å². The minimum atomic E-state index is -2.46. The average Bonchev–Trinajstić information content (AvgIpc) is 3.11. The fraction of sp³-hybridized carbons (Fsp3) is 0.429. The summed E-state index contributed by atoms with van der Waals surface area (Å²) in [6.07, 6.45) is 5.79. The molecule has 5 rings (SSSR count). The van der Waals surface area contributed by atoms with Crippen LogP contribution in [0.1, 0.15) is 46.1 Å². The van der Waals surface area contributed by atoms with Crippen molar-refractivity contribution in [1.29, 1.82) is 0 Å². The van der Waals surface area contributed by atoms with Gasteiger partial charge in [-0.3, -0.25) is 4.98 Å². The molecule has 3 heterocycles. The lowest BCUT2D eigenvalue weighted by Gasteiger charge is -2.16. The van der Waals surface area contributed by atoms with Gasteiger partial charge in [0.15, 0.2) is 0 Å². The van der Waals surface area contributed by atoms with E-state index in [2.05, 4.69) is 9.97 Å². The van der Waals surface area contributed by atoms with E-state index in [1.54, 1.807) is 12.4 Å². The van der Waals surface area contributed by atoms with Crippen LogP contribution >= 0.6 is 0 Å². The minimum Gasteiger partial charge on any atom is -0.465 e. The molecule has 0 saturated heterocycles. The first-order valence-electron chi connectivity index (χ1n) is 9.61. The molecular weight excluding hydrogens is 378 g/mol. The first-order chi connectivity index (χ1) is 13.9. The second-order valence-electron chi connectivity index (χ2n) is 7.96. The van der Waals surface area contributed by atoms with Crippen molar-refractivity contribution < 1.29 is 18.3 Å². The second kappa shape index (κ2) is 6.30. The lowest BCUT2D eigenvalue weighted by molar-refractivity contribution is 0.0602. The zero-order valence-electron chi connectivity index (χ0n) is 16.1. The first-order valence-corrected chi connectivity index (χ1v) is 9.61. The zero-order valence-corrected chi connectivity index (χ0v) is 16.1. The number of ether oxygens (including phenoxy) is 1. The molecule has 0 bridgehead atoms. The van der Waals surface area contributed by atoms with Gasteiger partial charge in [0.1, 0.15) is 12.0 Å². The Morgan fingerprint density at radius 2 is 2.07 bits per heavy atom. The molecule has 6 nitrogen and oxygen atoms in total. The molecule has 2 fully saturated rings. The van der Waals surface area contributed by atoms with Crippen LogP contribution in [0.25, 0.3) is 11.0 Å². The lowest BCUT2D eigenvalue weighted by Crippen LogP contribution is -2.10. The molecule has 2 unspecified atom stereocenters. The van der Waals surface area contributed by atoms with E-state index in [-0.39, 0.29) is 5.92 Å². The normalized spacial score (nSPS) is 24.5. The van der Waals surface area contributed by atoms with Crippen LogP contribution in [0.5, 0.6) is 0 Å². The Balaban J connectivity index is 1.41. The van der Waals surface area contributed by atoms with Crippen molar-refractivity contribution in [3.63, 3.8) is 0 Å². The van der Waals surface area contributed by atoms with Gasteiger partial charge in [-0.25, -0.2) is 23.5 Å². The second-order valence-corrected chi connectivity index (χ2v) is 7.96. The third kappa shape index (κ3) is 2.81. The van der Waals surface area contributed by atoms with Gasteiger partial charge < -0.3 is 9.30 Å². The Hall–Kier alpha value is -2.90. The van der Waals surface area contributed by atoms with Crippen LogP contribution in [0.2, 0.25) is 0 Å². The summed E-state index contributed by atoms with van der Waals surface area (Å²) < 4.78 is 33.7. The van der Waals surface area contributed by atoms with Crippen molar-refractivity contribution in [1.82, 2.24) is 19.5 Å². The predicted octanol–water partition coefficient (Wildman–Crippen LogP) is 3.73. The molecule has 29 heavy (non-hydrogen) atoms. The van der Waals surface area contributed by atoms with E-state index in [1.807, 2.05) is 23.6 Å². The number of nitrogens with zero attached hydrogens (tertiary/aromatic N) is 4. The number of hydrogen-bond acceptors (Lipinski definition) is 5. The summed E-state index contributed by atoms with van der Waals surface area (Å²) in [5, 5.41) is 0.632. The number of carbonyl (C=O) groups is 1. The van der Waals surface area contributed by atoms with Crippen LogP contribution in [-0.2, 0) is 11.3 Å². The highest BCUT2D eigenvalue weighted by atomic mass is 19.3. The Bertz CT molecular complexity index is 1110. The fourth-order valence-electron chi connectivity index (χ4n) is 4.66. The number of rotatable bonds is 4. The summed E-state index contributed by atoms with van der Waals surface area (Å²) in [5.41, 5.74) is 3.78. The molecule has 0 aliphatic heterocycles. The van der Waals surface area contributed by atoms with Gasteiger partial charge in [0.25, 0.3) is 5.92 Å². The number of aromatic nitrogens is 4. The number of methoxy groups -OCH3 is 1. The Morgan fingerprint density at radius 1 is 1.31 bits per heavy atom. The van der Waals surface area contributed by atoms with Gasteiger partial charge in [-0.2, -0.15) is 0 Å². The number of halogens is 2. The van der Waals surface area contributed by atoms with Crippen LogP contribution < -0.4 is 0 Å². The van der Waals surface area contributed by atoms with Gasteiger partial charge in [0, 0.05) is 41.5 Å². The molecule has 0 amide bonds. The third-order valence-electron chi connectivity index (χ3n) is 6.36. The van der Waals surface area contributed by atoms with Crippen LogP contribution in [0, 0.1) is 18.8 Å². The smallest absolute Gasteiger partial charge is 0.340 e. The van der Waals surface area contributed by atoms with Crippen molar-refractivity contribution in [2.75, 3.05) is 7.11 Å². The monoisotopic (exact) mass is 398 g/mol. The number of aryl methyl sites for hydroxylation is 1. The minimum absolute atomic E-state index is 0.114. The van der Waals surface area contributed by atoms with Gasteiger partial charge in [-0.05, 0) is 31.4 Å². The molecule has 0 N–H and O–H groups in total. The van der Waals surface area contributed by atoms with E-state index in [0.717, 1.165) is 17.0 Å². The summed E-state index contributed by atoms with van der Waals surface area (Å²) in [6.45, 7) is 2.41. The third-order valence-corrected chi connectivity index (χ3v) is 6.36. The number of hydrogen-bond donors (Lipinski definition) is 0. The van der Waals surface area contributed by atoms with E-state index in [1.165, 1.54) is 13.4 Å². The molecule has 8 heteroatoms. The van der Waals surface area contributed by atoms with Crippen molar-refractivity contribution in [3.05, 3.63) is 53.4 Å². The van der Waals surface area contributed by atoms with Crippen molar-refractivity contribution in [2.24, 2.45) is 11.8 Å². The molecule has 2 saturated carbocycles. The maximum atomic E-state index is 13.5. The highest BCUT2D eigenvalue weighted by Gasteiger charge is 2.71. The van der Waals surface area contributed by atoms with Crippen LogP contribution in [0.15, 0.2) is 30.9 Å². The Morgan fingerprint density at radius 3 is 2.76 bits per heavy atom. The predicted molar refractivity (Wildman–Crippen MR) is 101 cm³/mol. The molecule has 150 valence electrons. The lowest BCUT2D eigenvalue weighted by atomic mass is 9.97. The maximum Gasteiger partial charge on any atom is 0.340 e. The highest BCUT2D eigenvalue weighted by Crippen LogP contribution is 2.67. The number of alkyl halides is 2. The van der Waals surface area contributed by atoms with E-state index in [9.17, 15) is 13.6 Å². The molecule has 3 aromatic rings. The van der Waals surface area contributed by atoms with Gasteiger partial charge >= 0.3 is 5.97 Å². The number of esters is 1. The van der Waals surface area contributed by atoms with Crippen LogP contribution in [0.3, 0.4) is 0 Å². The Labute approximate surface area is 165 Å². The molecule has 0 aromatic carbocycles. The number of pyridine rings is 1. The van der Waals surface area contributed by atoms with E-state index >= 15 is 0 Å². The van der Waals surface area contributed by atoms with Gasteiger partial charge in [0.05, 0.1) is 24.6 Å². The Kier molecular flexibility index (Phi) is 3.94. The van der Waals surface area contributed by atoms with E-state index < -0.39 is 23.7 Å². The SMILES string of the molecule is COC(=O)c1cn(Cc2ccc(C3CC4C(C3)C4(F)F)nc2C)c2ncncc12. The van der Waals surface area contributed by atoms with Crippen molar-refractivity contribution in [3.8, 4) is 0 Å². The molecule has 2 atom stereocenters. The summed E-state index contributed by atoms with van der Waals surface area (Å²) >= 11 is 0. The molecule has 3 aromatic heterocycles. The van der Waals surface area contributed by atoms with E-state index in [4.69, 9.17) is 9.72 Å². The molecule has 2 aliphatic rings.